The van der Waals surface area contributed by atoms with Crippen LogP contribution < -0.4 is 14.9 Å². The average Bonchev–Trinajstić information content (AvgIpc) is 3.23. The summed E-state index contributed by atoms with van der Waals surface area (Å²) in [5, 5.41) is 5.99. The molecule has 8 heteroatoms. The minimum Gasteiger partial charge on any atom is -0.490 e. The number of rotatable bonds is 10. The largest absolute Gasteiger partial charge is 0.490 e. The van der Waals surface area contributed by atoms with E-state index in [1.807, 2.05) is 42.6 Å². The fourth-order valence-electron chi connectivity index (χ4n) is 2.89. The number of nitrogens with one attached hydrogen (secondary N) is 1. The van der Waals surface area contributed by atoms with Crippen LogP contribution in [0.25, 0.3) is 0 Å². The Morgan fingerprint density at radius 1 is 1.28 bits per heavy atom. The summed E-state index contributed by atoms with van der Waals surface area (Å²) in [6.45, 7) is 7.36. The summed E-state index contributed by atoms with van der Waals surface area (Å²) in [7, 11) is 0. The fourth-order valence-corrected chi connectivity index (χ4v) is 3.60. The normalized spacial score (nSPS) is 14.8. The molecule has 0 unspecified atom stereocenters. The lowest BCUT2D eigenvalue weighted by molar-refractivity contribution is -0.120. The molecule has 1 amide bonds. The number of nitrogens with zero attached hydrogens (tertiary/aromatic N) is 2. The molecule has 0 spiro atoms. The molecule has 1 aromatic heterocycles. The summed E-state index contributed by atoms with van der Waals surface area (Å²) in [6, 6.07) is 9.49. The van der Waals surface area contributed by atoms with Crippen molar-refractivity contribution in [2.45, 2.75) is 13.3 Å². The van der Waals surface area contributed by atoms with E-state index >= 15 is 0 Å². The monoisotopic (exact) mass is 417 g/mol. The van der Waals surface area contributed by atoms with Gasteiger partial charge in [0.05, 0.1) is 32.5 Å². The molecular formula is C21H27N3O4S. The lowest BCUT2D eigenvalue weighted by atomic mass is 10.2. The first-order chi connectivity index (χ1) is 14.2. The molecule has 2 heterocycles. The molecule has 1 aliphatic rings. The maximum Gasteiger partial charge on any atom is 0.245 e. The first-order valence-electron chi connectivity index (χ1n) is 9.78. The van der Waals surface area contributed by atoms with Crippen molar-refractivity contribution >= 4 is 23.5 Å². The van der Waals surface area contributed by atoms with Gasteiger partial charge in [0.25, 0.3) is 0 Å². The summed E-state index contributed by atoms with van der Waals surface area (Å²) in [6.07, 6.45) is 1.93. The van der Waals surface area contributed by atoms with E-state index in [0.717, 1.165) is 43.3 Å². The maximum atomic E-state index is 11.9. The molecule has 1 saturated heterocycles. The van der Waals surface area contributed by atoms with Crippen LogP contribution in [0.1, 0.15) is 17.4 Å². The number of thiophene rings is 1. The van der Waals surface area contributed by atoms with Gasteiger partial charge in [0.2, 0.25) is 5.91 Å². The minimum atomic E-state index is -0.142. The van der Waals surface area contributed by atoms with Crippen LogP contribution in [0, 0.1) is 0 Å². The summed E-state index contributed by atoms with van der Waals surface area (Å²) in [4.78, 5) is 15.2. The highest BCUT2D eigenvalue weighted by molar-refractivity contribution is 7.10. The van der Waals surface area contributed by atoms with Crippen LogP contribution in [0.2, 0.25) is 0 Å². The molecule has 0 radical (unpaired) electrons. The molecular weight excluding hydrogens is 390 g/mol. The molecule has 3 rings (SSSR count). The van der Waals surface area contributed by atoms with Crippen LogP contribution in [0.5, 0.6) is 11.5 Å². The van der Waals surface area contributed by atoms with Gasteiger partial charge in [0, 0.05) is 24.5 Å². The van der Waals surface area contributed by atoms with Gasteiger partial charge in [-0.15, -0.1) is 11.3 Å². The fraction of sp³-hybridized carbons (Fsp3) is 0.429. The third-order valence-corrected chi connectivity index (χ3v) is 5.23. The third-order valence-electron chi connectivity index (χ3n) is 4.35. The van der Waals surface area contributed by atoms with E-state index in [9.17, 15) is 4.79 Å². The number of carbonyl (C=O) groups excluding carboxylic acids is 1. The molecule has 7 nitrogen and oxygen atoms in total. The molecule has 0 atom stereocenters. The van der Waals surface area contributed by atoms with Crippen molar-refractivity contribution in [2.75, 3.05) is 46.1 Å². The van der Waals surface area contributed by atoms with Crippen LogP contribution in [0.4, 0.5) is 0 Å². The van der Waals surface area contributed by atoms with Gasteiger partial charge in [-0.1, -0.05) is 6.07 Å². The Hall–Kier alpha value is -2.42. The SMILES string of the molecule is CCOc1cc(C=NNC(=O)Cc2cccs2)ccc1OCCN1CCOCC1. The molecule has 29 heavy (non-hydrogen) atoms. The van der Waals surface area contributed by atoms with Gasteiger partial charge in [-0.2, -0.15) is 5.10 Å². The number of morpholine rings is 1. The lowest BCUT2D eigenvalue weighted by Crippen LogP contribution is -2.38. The first kappa shape index (κ1) is 21.3. The lowest BCUT2D eigenvalue weighted by Gasteiger charge is -2.26. The minimum absolute atomic E-state index is 0.142. The quantitative estimate of drug-likeness (QED) is 0.475. The Balaban J connectivity index is 1.51. The number of amides is 1. The van der Waals surface area contributed by atoms with Crippen molar-refractivity contribution in [3.05, 3.63) is 46.2 Å². The van der Waals surface area contributed by atoms with Crippen LogP contribution in [-0.4, -0.2) is 63.1 Å². The van der Waals surface area contributed by atoms with E-state index in [1.165, 1.54) is 0 Å². The Morgan fingerprint density at radius 3 is 2.90 bits per heavy atom. The van der Waals surface area contributed by atoms with E-state index in [4.69, 9.17) is 14.2 Å². The zero-order valence-corrected chi connectivity index (χ0v) is 17.5. The highest BCUT2D eigenvalue weighted by atomic mass is 32.1. The molecule has 0 saturated carbocycles. The van der Waals surface area contributed by atoms with E-state index in [-0.39, 0.29) is 5.91 Å². The average molecular weight is 418 g/mol. The van der Waals surface area contributed by atoms with Crippen molar-refractivity contribution in [1.82, 2.24) is 10.3 Å². The molecule has 1 N–H and O–H groups in total. The van der Waals surface area contributed by atoms with Crippen LogP contribution in [0.15, 0.2) is 40.8 Å². The van der Waals surface area contributed by atoms with Crippen LogP contribution in [0.3, 0.4) is 0 Å². The summed E-state index contributed by atoms with van der Waals surface area (Å²) < 4.78 is 17.0. The predicted molar refractivity (Wildman–Crippen MR) is 114 cm³/mol. The van der Waals surface area contributed by atoms with Crippen LogP contribution in [-0.2, 0) is 16.0 Å². The summed E-state index contributed by atoms with van der Waals surface area (Å²) in [5.41, 5.74) is 3.38. The van der Waals surface area contributed by atoms with Crippen LogP contribution >= 0.6 is 11.3 Å². The second kappa shape index (κ2) is 11.5. The van der Waals surface area contributed by atoms with E-state index in [1.54, 1.807) is 17.6 Å². The number of hydrogen-bond acceptors (Lipinski definition) is 7. The molecule has 1 aromatic carbocycles. The van der Waals surface area contributed by atoms with Crippen molar-refractivity contribution in [1.29, 1.82) is 0 Å². The smallest absolute Gasteiger partial charge is 0.245 e. The Morgan fingerprint density at radius 2 is 2.14 bits per heavy atom. The molecule has 156 valence electrons. The predicted octanol–water partition coefficient (Wildman–Crippen LogP) is 2.55. The van der Waals surface area contributed by atoms with Gasteiger partial charge in [-0.05, 0) is 42.1 Å². The van der Waals surface area contributed by atoms with E-state index in [2.05, 4.69) is 15.4 Å². The van der Waals surface area contributed by atoms with Gasteiger partial charge >= 0.3 is 0 Å². The number of hydrogen-bond donors (Lipinski definition) is 1. The molecule has 0 aliphatic carbocycles. The van der Waals surface area contributed by atoms with Gasteiger partial charge in [0.1, 0.15) is 6.61 Å². The second-order valence-electron chi connectivity index (χ2n) is 6.49. The highest BCUT2D eigenvalue weighted by Gasteiger charge is 2.11. The topological polar surface area (TPSA) is 72.4 Å². The summed E-state index contributed by atoms with van der Waals surface area (Å²) in [5.74, 6) is 1.24. The standard InChI is InChI=1S/C21H27N3O4S/c1-2-27-20-14-17(16-22-23-21(25)15-18-4-3-13-29-18)5-6-19(20)28-12-9-24-7-10-26-11-8-24/h3-6,13-14,16H,2,7-12,15H2,1H3,(H,23,25). The van der Waals surface area contributed by atoms with E-state index < -0.39 is 0 Å². The van der Waals surface area contributed by atoms with Gasteiger partial charge < -0.3 is 14.2 Å². The molecule has 1 aliphatic heterocycles. The van der Waals surface area contributed by atoms with E-state index in [0.29, 0.717) is 31.1 Å². The van der Waals surface area contributed by atoms with Crippen molar-refractivity contribution in [3.8, 4) is 11.5 Å². The highest BCUT2D eigenvalue weighted by Crippen LogP contribution is 2.28. The second-order valence-corrected chi connectivity index (χ2v) is 7.52. The van der Waals surface area contributed by atoms with Crippen molar-refractivity contribution in [2.24, 2.45) is 5.10 Å². The number of ether oxygens (including phenoxy) is 3. The Kier molecular flexibility index (Phi) is 8.48. The number of benzene rings is 1. The van der Waals surface area contributed by atoms with Crippen molar-refractivity contribution in [3.63, 3.8) is 0 Å². The zero-order valence-electron chi connectivity index (χ0n) is 16.6. The number of hydrazone groups is 1. The third kappa shape index (κ3) is 7.16. The maximum absolute atomic E-state index is 11.9. The number of carbonyl (C=O) groups is 1. The molecule has 1 fully saturated rings. The van der Waals surface area contributed by atoms with Gasteiger partial charge in [-0.25, -0.2) is 5.43 Å². The van der Waals surface area contributed by atoms with Gasteiger partial charge in [-0.3, -0.25) is 9.69 Å². The van der Waals surface area contributed by atoms with Gasteiger partial charge in [0.15, 0.2) is 11.5 Å². The first-order valence-corrected chi connectivity index (χ1v) is 10.7. The van der Waals surface area contributed by atoms with Crippen molar-refractivity contribution < 1.29 is 19.0 Å². The zero-order chi connectivity index (χ0) is 20.3. The molecule has 0 bridgehead atoms. The summed E-state index contributed by atoms with van der Waals surface area (Å²) >= 11 is 1.55. The Bertz CT molecular complexity index is 789. The molecule has 2 aromatic rings. The Labute approximate surface area is 175 Å².